The normalized spacial score (nSPS) is 11.3. The molecule has 162 valence electrons. The minimum atomic E-state index is -0.926. The Bertz CT molecular complexity index is 1330. The van der Waals surface area contributed by atoms with Gasteiger partial charge in [-0.1, -0.05) is 47.5 Å². The van der Waals surface area contributed by atoms with Crippen LogP contribution in [0.15, 0.2) is 65.1 Å². The fraction of sp³-hybridized carbons (Fsp3) is 0.0833. The summed E-state index contributed by atoms with van der Waals surface area (Å²) in [6.07, 6.45) is 3.60. The lowest BCUT2D eigenvalue weighted by Crippen LogP contribution is -2.00. The molecular weight excluding hydrogens is 454 g/mol. The molecule has 32 heavy (non-hydrogen) atoms. The number of halogens is 3. The van der Waals surface area contributed by atoms with E-state index in [1.54, 1.807) is 42.5 Å². The number of aliphatic carboxylic acids is 1. The van der Waals surface area contributed by atoms with Crippen LogP contribution in [0.3, 0.4) is 0 Å². The summed E-state index contributed by atoms with van der Waals surface area (Å²) >= 11 is 11.9. The number of hydrogen-bond acceptors (Lipinski definition) is 4. The van der Waals surface area contributed by atoms with Gasteiger partial charge in [-0.25, -0.2) is 9.37 Å². The third-order valence-corrected chi connectivity index (χ3v) is 5.43. The number of nitrogens with one attached hydrogen (secondary N) is 1. The zero-order valence-corrected chi connectivity index (χ0v) is 18.1. The van der Waals surface area contributed by atoms with E-state index < -0.39 is 11.8 Å². The summed E-state index contributed by atoms with van der Waals surface area (Å²) in [5.74, 6) is -1.11. The average molecular weight is 471 g/mol. The highest BCUT2D eigenvalue weighted by Gasteiger charge is 2.12. The molecule has 8 heteroatoms. The number of aromatic nitrogens is 1. The minimum Gasteiger partial charge on any atom is -0.481 e. The number of benzene rings is 3. The van der Waals surface area contributed by atoms with E-state index in [9.17, 15) is 9.18 Å². The van der Waals surface area contributed by atoms with E-state index in [0.29, 0.717) is 44.5 Å². The SMILES string of the molecule is O=C(O)Cc1ccc2oc(-c3ccc(NCC=Cc4ccc(Cl)c(Cl)c4)c(F)c3)nc2c1. The number of hydrogen-bond donors (Lipinski definition) is 2. The van der Waals surface area contributed by atoms with Gasteiger partial charge < -0.3 is 14.8 Å². The molecule has 0 aliphatic rings. The largest absolute Gasteiger partial charge is 0.481 e. The molecule has 0 fully saturated rings. The number of carbonyl (C=O) groups is 1. The van der Waals surface area contributed by atoms with Gasteiger partial charge >= 0.3 is 5.97 Å². The Kier molecular flexibility index (Phi) is 6.44. The van der Waals surface area contributed by atoms with E-state index in [1.807, 2.05) is 18.2 Å². The van der Waals surface area contributed by atoms with Gasteiger partial charge in [0.05, 0.1) is 22.2 Å². The van der Waals surface area contributed by atoms with Gasteiger partial charge in [-0.05, 0) is 53.6 Å². The van der Waals surface area contributed by atoms with Crippen molar-refractivity contribution in [3.8, 4) is 11.5 Å². The number of oxazole rings is 1. The summed E-state index contributed by atoms with van der Waals surface area (Å²) in [7, 11) is 0. The lowest BCUT2D eigenvalue weighted by Gasteiger charge is -2.06. The quantitative estimate of drug-likeness (QED) is 0.314. The maximum atomic E-state index is 14.6. The molecule has 0 saturated carbocycles. The van der Waals surface area contributed by atoms with E-state index in [0.717, 1.165) is 5.56 Å². The van der Waals surface area contributed by atoms with Crippen LogP contribution in [0.25, 0.3) is 28.6 Å². The molecule has 0 aliphatic heterocycles. The van der Waals surface area contributed by atoms with Crippen LogP contribution >= 0.6 is 23.2 Å². The summed E-state index contributed by atoms with van der Waals surface area (Å²) in [5, 5.41) is 12.9. The van der Waals surface area contributed by atoms with E-state index in [4.69, 9.17) is 32.7 Å². The van der Waals surface area contributed by atoms with Crippen molar-refractivity contribution in [1.82, 2.24) is 4.98 Å². The van der Waals surface area contributed by atoms with Crippen LogP contribution in [0.2, 0.25) is 10.0 Å². The Labute approximate surface area is 193 Å². The fourth-order valence-electron chi connectivity index (χ4n) is 3.15. The number of anilines is 1. The van der Waals surface area contributed by atoms with Crippen molar-refractivity contribution in [2.45, 2.75) is 6.42 Å². The Morgan fingerprint density at radius 3 is 2.69 bits per heavy atom. The Hall–Kier alpha value is -3.35. The van der Waals surface area contributed by atoms with Crippen LogP contribution < -0.4 is 5.32 Å². The third kappa shape index (κ3) is 5.10. The van der Waals surface area contributed by atoms with Crippen LogP contribution in [-0.4, -0.2) is 22.6 Å². The first kappa shape index (κ1) is 21.9. The Morgan fingerprint density at radius 2 is 1.94 bits per heavy atom. The molecule has 0 spiro atoms. The smallest absolute Gasteiger partial charge is 0.307 e. The number of fused-ring (bicyclic) bond motifs is 1. The molecule has 0 saturated heterocycles. The lowest BCUT2D eigenvalue weighted by atomic mass is 10.1. The van der Waals surface area contributed by atoms with Gasteiger partial charge in [-0.2, -0.15) is 0 Å². The van der Waals surface area contributed by atoms with Crippen molar-refractivity contribution in [2.24, 2.45) is 0 Å². The molecular formula is C24H17Cl2FN2O3. The number of rotatable bonds is 7. The molecule has 1 aromatic heterocycles. The predicted octanol–water partition coefficient (Wildman–Crippen LogP) is 6.69. The highest BCUT2D eigenvalue weighted by atomic mass is 35.5. The maximum Gasteiger partial charge on any atom is 0.307 e. The standard InChI is InChI=1S/C24H17Cl2FN2O3/c25-17-6-3-14(10-18(17)26)2-1-9-28-20-7-5-16(13-19(20)27)24-29-21-11-15(12-23(30)31)4-8-22(21)32-24/h1-8,10-11,13,28H,9,12H2,(H,30,31). The van der Waals surface area contributed by atoms with E-state index in [2.05, 4.69) is 10.3 Å². The van der Waals surface area contributed by atoms with Crippen molar-refractivity contribution in [3.05, 3.63) is 87.7 Å². The van der Waals surface area contributed by atoms with Crippen molar-refractivity contribution >= 4 is 52.0 Å². The summed E-state index contributed by atoms with van der Waals surface area (Å²) in [6, 6.07) is 15.0. The van der Waals surface area contributed by atoms with Gasteiger partial charge in [0.25, 0.3) is 0 Å². The topological polar surface area (TPSA) is 75.4 Å². The number of nitrogens with zero attached hydrogens (tertiary/aromatic N) is 1. The van der Waals surface area contributed by atoms with Crippen molar-refractivity contribution in [2.75, 3.05) is 11.9 Å². The molecule has 0 radical (unpaired) electrons. The van der Waals surface area contributed by atoms with Gasteiger partial charge in [0.1, 0.15) is 11.3 Å². The van der Waals surface area contributed by atoms with Gasteiger partial charge in [0.2, 0.25) is 5.89 Å². The fourth-order valence-corrected chi connectivity index (χ4v) is 3.46. The van der Waals surface area contributed by atoms with Gasteiger partial charge in [0, 0.05) is 12.1 Å². The van der Waals surface area contributed by atoms with Crippen molar-refractivity contribution in [3.63, 3.8) is 0 Å². The van der Waals surface area contributed by atoms with Crippen LogP contribution in [0.1, 0.15) is 11.1 Å². The summed E-state index contributed by atoms with van der Waals surface area (Å²) in [6.45, 7) is 0.408. The summed E-state index contributed by atoms with van der Waals surface area (Å²) in [5.41, 5.74) is 3.35. The number of carboxylic acid groups (broad SMARTS) is 1. The average Bonchev–Trinajstić information content (AvgIpc) is 3.17. The second-order valence-electron chi connectivity index (χ2n) is 7.04. The molecule has 0 aliphatic carbocycles. The van der Waals surface area contributed by atoms with E-state index >= 15 is 0 Å². The molecule has 0 bridgehead atoms. The monoisotopic (exact) mass is 470 g/mol. The lowest BCUT2D eigenvalue weighted by molar-refractivity contribution is -0.136. The molecule has 0 unspecified atom stereocenters. The molecule has 5 nitrogen and oxygen atoms in total. The van der Waals surface area contributed by atoms with E-state index in [1.165, 1.54) is 6.07 Å². The zero-order valence-electron chi connectivity index (χ0n) is 16.6. The zero-order chi connectivity index (χ0) is 22.7. The first-order valence-corrected chi connectivity index (χ1v) is 10.4. The van der Waals surface area contributed by atoms with Crippen molar-refractivity contribution < 1.29 is 18.7 Å². The predicted molar refractivity (Wildman–Crippen MR) is 125 cm³/mol. The second-order valence-corrected chi connectivity index (χ2v) is 7.86. The second kappa shape index (κ2) is 9.42. The Morgan fingerprint density at radius 1 is 1.09 bits per heavy atom. The van der Waals surface area contributed by atoms with E-state index in [-0.39, 0.29) is 12.3 Å². The minimum absolute atomic E-state index is 0.105. The van der Waals surface area contributed by atoms with Crippen LogP contribution in [0, 0.1) is 5.82 Å². The summed E-state index contributed by atoms with van der Waals surface area (Å²) < 4.78 is 20.3. The molecule has 0 amide bonds. The first-order valence-electron chi connectivity index (χ1n) is 9.66. The van der Waals surface area contributed by atoms with Gasteiger partial charge in [-0.15, -0.1) is 0 Å². The third-order valence-electron chi connectivity index (χ3n) is 4.69. The highest BCUT2D eigenvalue weighted by molar-refractivity contribution is 6.42. The van der Waals surface area contributed by atoms with Crippen LogP contribution in [0.4, 0.5) is 10.1 Å². The highest BCUT2D eigenvalue weighted by Crippen LogP contribution is 2.28. The Balaban J connectivity index is 1.45. The van der Waals surface area contributed by atoms with Crippen LogP contribution in [0.5, 0.6) is 0 Å². The molecule has 2 N–H and O–H groups in total. The molecule has 3 aromatic carbocycles. The number of carboxylic acids is 1. The van der Waals surface area contributed by atoms with Gasteiger partial charge in [0.15, 0.2) is 5.58 Å². The maximum absolute atomic E-state index is 14.6. The molecule has 0 atom stereocenters. The summed E-state index contributed by atoms with van der Waals surface area (Å²) in [4.78, 5) is 15.3. The van der Waals surface area contributed by atoms with Gasteiger partial charge in [-0.3, -0.25) is 4.79 Å². The molecule has 4 aromatic rings. The van der Waals surface area contributed by atoms with Crippen molar-refractivity contribution in [1.29, 1.82) is 0 Å². The van der Waals surface area contributed by atoms with Crippen LogP contribution in [-0.2, 0) is 11.2 Å². The first-order chi connectivity index (χ1) is 15.4. The molecule has 4 rings (SSSR count). The molecule has 1 heterocycles.